The van der Waals surface area contributed by atoms with Gasteiger partial charge in [0.1, 0.15) is 11.3 Å². The van der Waals surface area contributed by atoms with Crippen LogP contribution in [0.4, 0.5) is 0 Å². The van der Waals surface area contributed by atoms with E-state index in [4.69, 9.17) is 11.6 Å². The van der Waals surface area contributed by atoms with E-state index in [-0.39, 0.29) is 0 Å². The molecule has 0 amide bonds. The van der Waals surface area contributed by atoms with Crippen LogP contribution in [0.15, 0.2) is 18.8 Å². The third kappa shape index (κ3) is 1.46. The van der Waals surface area contributed by atoms with Crippen LogP contribution in [0.2, 0.25) is 5.15 Å². The molecule has 2 aromatic rings. The highest BCUT2D eigenvalue weighted by atomic mass is 35.5. The minimum Gasteiger partial charge on any atom is -0.251 e. The number of aromatic nitrogens is 3. The molecule has 2 rings (SSSR count). The molecule has 2 aromatic heterocycles. The molecule has 0 saturated carbocycles. The van der Waals surface area contributed by atoms with Crippen LogP contribution in [0.5, 0.6) is 0 Å². The minimum atomic E-state index is 0.392. The molecule has 0 aliphatic heterocycles. The summed E-state index contributed by atoms with van der Waals surface area (Å²) in [7, 11) is 0. The van der Waals surface area contributed by atoms with Crippen molar-refractivity contribution in [1.82, 2.24) is 15.0 Å². The van der Waals surface area contributed by atoms with Crippen molar-refractivity contribution in [3.05, 3.63) is 35.4 Å². The third-order valence-electron chi connectivity index (χ3n) is 1.86. The smallest absolute Gasteiger partial charge is 0.159 e. The normalized spacial score (nSPS) is 10.4. The number of nitrogens with zero attached hydrogens (tertiary/aromatic N) is 3. The molecule has 0 radical (unpaired) electrons. The topological polar surface area (TPSA) is 38.7 Å². The summed E-state index contributed by atoms with van der Waals surface area (Å²) in [4.78, 5) is 12.4. The molecular weight excluding hydrogens is 198 g/mol. The van der Waals surface area contributed by atoms with Gasteiger partial charge in [-0.05, 0) is 18.6 Å². The summed E-state index contributed by atoms with van der Waals surface area (Å²) < 4.78 is 0. The molecule has 0 bridgehead atoms. The minimum absolute atomic E-state index is 0.392. The van der Waals surface area contributed by atoms with Gasteiger partial charge in [0.05, 0.1) is 5.52 Å². The van der Waals surface area contributed by atoms with Crippen molar-refractivity contribution < 1.29 is 0 Å². The van der Waals surface area contributed by atoms with Gasteiger partial charge in [0.15, 0.2) is 5.15 Å². The third-order valence-corrected chi connectivity index (χ3v) is 2.13. The molecule has 0 fully saturated rings. The van der Waals surface area contributed by atoms with Gasteiger partial charge in [0, 0.05) is 6.20 Å². The second kappa shape index (κ2) is 3.35. The van der Waals surface area contributed by atoms with E-state index in [0.717, 1.165) is 11.1 Å². The molecule has 4 heteroatoms. The predicted octanol–water partition coefficient (Wildman–Crippen LogP) is 2.63. The summed E-state index contributed by atoms with van der Waals surface area (Å²) in [5.41, 5.74) is 2.30. The lowest BCUT2D eigenvalue weighted by Gasteiger charge is -2.00. The van der Waals surface area contributed by atoms with Gasteiger partial charge in [0.25, 0.3) is 0 Å². The first kappa shape index (κ1) is 9.09. The molecule has 14 heavy (non-hydrogen) atoms. The zero-order valence-electron chi connectivity index (χ0n) is 7.66. The van der Waals surface area contributed by atoms with Crippen molar-refractivity contribution in [2.24, 2.45) is 0 Å². The van der Waals surface area contributed by atoms with Crippen LogP contribution in [0, 0.1) is 6.92 Å². The fourth-order valence-electron chi connectivity index (χ4n) is 1.22. The summed E-state index contributed by atoms with van der Waals surface area (Å²) in [5.74, 6) is 0.644. The largest absolute Gasteiger partial charge is 0.251 e. The van der Waals surface area contributed by atoms with Gasteiger partial charge in [-0.15, -0.1) is 0 Å². The van der Waals surface area contributed by atoms with E-state index in [2.05, 4.69) is 21.5 Å². The summed E-state index contributed by atoms with van der Waals surface area (Å²) in [6, 6.07) is 1.88. The Morgan fingerprint density at radius 2 is 2.21 bits per heavy atom. The first-order chi connectivity index (χ1) is 6.70. The zero-order chi connectivity index (χ0) is 10.1. The number of hydrogen-bond donors (Lipinski definition) is 0. The first-order valence-electron chi connectivity index (χ1n) is 4.13. The Balaban J connectivity index is 2.81. The van der Waals surface area contributed by atoms with Gasteiger partial charge in [-0.2, -0.15) is 0 Å². The fraction of sp³-hybridized carbons (Fsp3) is 0.100. The van der Waals surface area contributed by atoms with E-state index < -0.39 is 0 Å². The molecule has 0 aliphatic carbocycles. The van der Waals surface area contributed by atoms with Crippen LogP contribution in [0.3, 0.4) is 0 Å². The SMILES string of the molecule is C=Cc1cnc2c(Cl)nc(C)nc2c1. The number of fused-ring (bicyclic) bond motifs is 1. The van der Waals surface area contributed by atoms with Crippen LogP contribution >= 0.6 is 11.6 Å². The number of rotatable bonds is 1. The average Bonchev–Trinajstić information content (AvgIpc) is 2.16. The molecule has 0 aromatic carbocycles. The monoisotopic (exact) mass is 205 g/mol. The number of hydrogen-bond acceptors (Lipinski definition) is 3. The molecular formula is C10H8ClN3. The van der Waals surface area contributed by atoms with Gasteiger partial charge in [0.2, 0.25) is 0 Å². The highest BCUT2D eigenvalue weighted by molar-refractivity contribution is 6.33. The Morgan fingerprint density at radius 1 is 1.43 bits per heavy atom. The standard InChI is InChI=1S/C10H8ClN3/c1-3-7-4-8-9(12-5-7)10(11)14-6(2)13-8/h3-5H,1H2,2H3. The number of pyridine rings is 1. The average molecular weight is 206 g/mol. The Kier molecular flexibility index (Phi) is 2.17. The van der Waals surface area contributed by atoms with E-state index in [0.29, 0.717) is 16.5 Å². The lowest BCUT2D eigenvalue weighted by molar-refractivity contribution is 1.08. The van der Waals surface area contributed by atoms with Crippen LogP contribution < -0.4 is 0 Å². The van der Waals surface area contributed by atoms with E-state index in [1.807, 2.05) is 6.07 Å². The molecule has 0 N–H and O–H groups in total. The van der Waals surface area contributed by atoms with Gasteiger partial charge < -0.3 is 0 Å². The molecule has 0 saturated heterocycles. The number of halogens is 1. The molecule has 0 atom stereocenters. The highest BCUT2D eigenvalue weighted by Gasteiger charge is 2.04. The molecule has 3 nitrogen and oxygen atoms in total. The summed E-state index contributed by atoms with van der Waals surface area (Å²) in [6.07, 6.45) is 3.41. The van der Waals surface area contributed by atoms with Crippen LogP contribution in [-0.2, 0) is 0 Å². The van der Waals surface area contributed by atoms with Crippen LogP contribution in [0.1, 0.15) is 11.4 Å². The quantitative estimate of drug-likeness (QED) is 0.672. The lowest BCUT2D eigenvalue weighted by atomic mass is 10.2. The predicted molar refractivity (Wildman–Crippen MR) is 57.2 cm³/mol. The van der Waals surface area contributed by atoms with Crippen LogP contribution in [-0.4, -0.2) is 15.0 Å². The molecule has 2 heterocycles. The highest BCUT2D eigenvalue weighted by Crippen LogP contribution is 2.18. The Labute approximate surface area is 86.5 Å². The summed E-state index contributed by atoms with van der Waals surface area (Å²) >= 11 is 5.92. The summed E-state index contributed by atoms with van der Waals surface area (Å²) in [5, 5.41) is 0.392. The van der Waals surface area contributed by atoms with E-state index >= 15 is 0 Å². The fourth-order valence-corrected chi connectivity index (χ4v) is 1.49. The number of aryl methyl sites for hydroxylation is 1. The Hall–Kier alpha value is -1.48. The van der Waals surface area contributed by atoms with E-state index in [1.54, 1.807) is 19.2 Å². The molecule has 0 aliphatic rings. The van der Waals surface area contributed by atoms with Crippen molar-refractivity contribution in [1.29, 1.82) is 0 Å². The maximum atomic E-state index is 5.92. The second-order valence-corrected chi connectivity index (χ2v) is 3.26. The van der Waals surface area contributed by atoms with Crippen molar-refractivity contribution in [2.75, 3.05) is 0 Å². The van der Waals surface area contributed by atoms with Gasteiger partial charge in [-0.25, -0.2) is 9.97 Å². The van der Waals surface area contributed by atoms with E-state index in [1.165, 1.54) is 0 Å². The van der Waals surface area contributed by atoms with Gasteiger partial charge in [-0.1, -0.05) is 24.3 Å². The summed E-state index contributed by atoms with van der Waals surface area (Å²) in [6.45, 7) is 5.46. The molecule has 70 valence electrons. The van der Waals surface area contributed by atoms with Crippen LogP contribution in [0.25, 0.3) is 17.1 Å². The van der Waals surface area contributed by atoms with Crippen molar-refractivity contribution >= 4 is 28.7 Å². The maximum Gasteiger partial charge on any atom is 0.159 e. The first-order valence-corrected chi connectivity index (χ1v) is 4.51. The Bertz CT molecular complexity index is 508. The van der Waals surface area contributed by atoms with Crippen molar-refractivity contribution in [3.8, 4) is 0 Å². The van der Waals surface area contributed by atoms with Gasteiger partial charge >= 0.3 is 0 Å². The lowest BCUT2D eigenvalue weighted by Crippen LogP contribution is -1.92. The van der Waals surface area contributed by atoms with Crippen molar-refractivity contribution in [3.63, 3.8) is 0 Å². The molecule has 0 unspecified atom stereocenters. The second-order valence-electron chi connectivity index (χ2n) is 2.90. The van der Waals surface area contributed by atoms with Gasteiger partial charge in [-0.3, -0.25) is 4.98 Å². The van der Waals surface area contributed by atoms with E-state index in [9.17, 15) is 0 Å². The zero-order valence-corrected chi connectivity index (χ0v) is 8.41. The molecule has 0 spiro atoms. The van der Waals surface area contributed by atoms with Crippen molar-refractivity contribution in [2.45, 2.75) is 6.92 Å². The Morgan fingerprint density at radius 3 is 2.93 bits per heavy atom. The maximum absolute atomic E-state index is 5.92.